The average molecular weight is 418 g/mol. The van der Waals surface area contributed by atoms with Gasteiger partial charge >= 0.3 is 164 Å². The molecule has 0 saturated heterocycles. The van der Waals surface area contributed by atoms with E-state index in [0.29, 0.717) is 5.92 Å². The van der Waals surface area contributed by atoms with Gasteiger partial charge in [-0.2, -0.15) is 0 Å². The zero-order chi connectivity index (χ0) is 19.2. The minimum atomic E-state index is -1.97. The molecule has 2 heterocycles. The van der Waals surface area contributed by atoms with Gasteiger partial charge in [0.15, 0.2) is 0 Å². The van der Waals surface area contributed by atoms with Gasteiger partial charge in [-0.15, -0.1) is 0 Å². The fraction of sp³-hybridized carbons (Fsp3) is 0.292. The monoisotopic (exact) mass is 419 g/mol. The normalized spacial score (nSPS) is 12.4. The number of rotatable bonds is 4. The van der Waals surface area contributed by atoms with Crippen LogP contribution < -0.4 is 4.40 Å². The molecule has 2 nitrogen and oxygen atoms in total. The van der Waals surface area contributed by atoms with Crippen LogP contribution in [0.5, 0.6) is 0 Å². The molecule has 27 heavy (non-hydrogen) atoms. The Morgan fingerprint density at radius 2 is 1.70 bits per heavy atom. The Bertz CT molecular complexity index is 1120. The van der Waals surface area contributed by atoms with Crippen LogP contribution in [0.4, 0.5) is 0 Å². The standard InChI is InChI=1S/C24H27GeNO/c1-16(2)13-17-14-22(26-15-21(17)25(3,4)5)20-11-8-10-19-18-9-6-7-12-23(18)27-24(19)20/h6-12,14-16H,13H2,1-5H3. The first kappa shape index (κ1) is 18.3. The Hall–Kier alpha value is -2.07. The summed E-state index contributed by atoms with van der Waals surface area (Å²) in [5.74, 6) is 7.97. The Labute approximate surface area is 164 Å². The third-order valence-corrected chi connectivity index (χ3v) is 9.44. The van der Waals surface area contributed by atoms with Gasteiger partial charge in [0, 0.05) is 0 Å². The summed E-state index contributed by atoms with van der Waals surface area (Å²) in [6, 6.07) is 16.9. The maximum atomic E-state index is 6.23. The van der Waals surface area contributed by atoms with Crippen LogP contribution in [-0.2, 0) is 6.42 Å². The Balaban J connectivity index is 1.93. The van der Waals surface area contributed by atoms with E-state index in [1.54, 1.807) is 0 Å². The molecule has 3 heteroatoms. The van der Waals surface area contributed by atoms with Gasteiger partial charge in [-0.3, -0.25) is 0 Å². The van der Waals surface area contributed by atoms with Crippen LogP contribution in [0.25, 0.3) is 33.2 Å². The Kier molecular flexibility index (Phi) is 4.63. The maximum absolute atomic E-state index is 6.23. The molecule has 4 aromatic rings. The van der Waals surface area contributed by atoms with Crippen LogP contribution in [0.2, 0.25) is 17.3 Å². The van der Waals surface area contributed by atoms with Crippen molar-refractivity contribution in [1.29, 1.82) is 0 Å². The van der Waals surface area contributed by atoms with Crippen LogP contribution in [0, 0.1) is 5.92 Å². The molecule has 0 unspecified atom stereocenters. The molecule has 0 aliphatic rings. The van der Waals surface area contributed by atoms with Crippen molar-refractivity contribution in [3.63, 3.8) is 0 Å². The zero-order valence-corrected chi connectivity index (χ0v) is 18.9. The van der Waals surface area contributed by atoms with Crippen LogP contribution in [0.1, 0.15) is 19.4 Å². The topological polar surface area (TPSA) is 26.0 Å². The first-order valence-electron chi connectivity index (χ1n) is 9.74. The zero-order valence-electron chi connectivity index (χ0n) is 16.8. The number of para-hydroxylation sites is 2. The van der Waals surface area contributed by atoms with Gasteiger partial charge in [0.05, 0.1) is 0 Å². The van der Waals surface area contributed by atoms with E-state index in [0.717, 1.165) is 39.6 Å². The van der Waals surface area contributed by atoms with Crippen molar-refractivity contribution in [3.8, 4) is 11.3 Å². The summed E-state index contributed by atoms with van der Waals surface area (Å²) in [6.07, 6.45) is 3.25. The molecule has 4 rings (SSSR count). The van der Waals surface area contributed by atoms with Gasteiger partial charge in [0.25, 0.3) is 0 Å². The van der Waals surface area contributed by atoms with Crippen molar-refractivity contribution in [3.05, 3.63) is 60.3 Å². The summed E-state index contributed by atoms with van der Waals surface area (Å²) in [4.78, 5) is 4.89. The summed E-state index contributed by atoms with van der Waals surface area (Å²) < 4.78 is 7.75. The quantitative estimate of drug-likeness (QED) is 0.359. The molecule has 2 aromatic carbocycles. The van der Waals surface area contributed by atoms with Gasteiger partial charge in [-0.1, -0.05) is 0 Å². The van der Waals surface area contributed by atoms with Gasteiger partial charge in [-0.05, 0) is 0 Å². The number of aromatic nitrogens is 1. The second-order valence-corrected chi connectivity index (χ2v) is 19.4. The van der Waals surface area contributed by atoms with Crippen molar-refractivity contribution in [2.45, 2.75) is 37.5 Å². The fourth-order valence-electron chi connectivity index (χ4n) is 3.88. The molecule has 0 atom stereocenters. The second kappa shape index (κ2) is 6.83. The van der Waals surface area contributed by atoms with Crippen LogP contribution in [0.15, 0.2) is 59.1 Å². The van der Waals surface area contributed by atoms with Crippen molar-refractivity contribution >= 4 is 39.6 Å². The van der Waals surface area contributed by atoms with Crippen molar-refractivity contribution in [2.24, 2.45) is 5.92 Å². The van der Waals surface area contributed by atoms with Crippen LogP contribution >= 0.6 is 0 Å². The Morgan fingerprint density at radius 3 is 2.44 bits per heavy atom. The van der Waals surface area contributed by atoms with E-state index in [9.17, 15) is 0 Å². The number of fused-ring (bicyclic) bond motifs is 3. The van der Waals surface area contributed by atoms with Crippen molar-refractivity contribution < 1.29 is 4.42 Å². The van der Waals surface area contributed by atoms with Gasteiger partial charge in [0.1, 0.15) is 0 Å². The van der Waals surface area contributed by atoms with E-state index < -0.39 is 13.3 Å². The third kappa shape index (κ3) is 3.43. The second-order valence-electron chi connectivity index (χ2n) is 8.86. The number of hydrogen-bond donors (Lipinski definition) is 0. The molecule has 0 bridgehead atoms. The molecule has 0 saturated carbocycles. The Morgan fingerprint density at radius 1 is 0.963 bits per heavy atom. The summed E-state index contributed by atoms with van der Waals surface area (Å²) in [7, 11) is 0. The molecule has 0 fully saturated rings. The number of nitrogens with zero attached hydrogens (tertiary/aromatic N) is 1. The number of furan rings is 1. The van der Waals surface area contributed by atoms with E-state index in [2.05, 4.69) is 73.7 Å². The molecule has 138 valence electrons. The first-order valence-corrected chi connectivity index (χ1v) is 17.1. The van der Waals surface area contributed by atoms with Crippen molar-refractivity contribution in [2.75, 3.05) is 0 Å². The summed E-state index contributed by atoms with van der Waals surface area (Å²) in [5, 5.41) is 2.32. The number of benzene rings is 2. The fourth-order valence-corrected chi connectivity index (χ4v) is 7.21. The summed E-state index contributed by atoms with van der Waals surface area (Å²) >= 11 is -1.97. The van der Waals surface area contributed by atoms with E-state index in [-0.39, 0.29) is 0 Å². The molecule has 0 aliphatic heterocycles. The predicted octanol–water partition coefficient (Wildman–Crippen LogP) is 6.39. The van der Waals surface area contributed by atoms with Gasteiger partial charge in [-0.25, -0.2) is 0 Å². The molecular weight excluding hydrogens is 391 g/mol. The molecular formula is C24H27GeNO. The van der Waals surface area contributed by atoms with Gasteiger partial charge in [0.2, 0.25) is 0 Å². The molecule has 0 spiro atoms. The molecule has 2 aromatic heterocycles. The predicted molar refractivity (Wildman–Crippen MR) is 118 cm³/mol. The molecule has 0 aliphatic carbocycles. The molecule has 0 radical (unpaired) electrons. The molecule has 0 N–H and O–H groups in total. The van der Waals surface area contributed by atoms with Gasteiger partial charge < -0.3 is 0 Å². The minimum absolute atomic E-state index is 0.630. The van der Waals surface area contributed by atoms with Crippen LogP contribution in [0.3, 0.4) is 0 Å². The van der Waals surface area contributed by atoms with Crippen molar-refractivity contribution in [1.82, 2.24) is 4.98 Å². The SMILES string of the molecule is CC(C)Cc1cc(-c2cccc3c2oc2ccccc23)nc[c]1[Ge]([CH3])([CH3])[CH3]. The summed E-state index contributed by atoms with van der Waals surface area (Å²) in [6.45, 7) is 4.58. The number of pyridine rings is 1. The van der Waals surface area contributed by atoms with E-state index in [1.807, 2.05) is 12.1 Å². The van der Waals surface area contributed by atoms with E-state index >= 15 is 0 Å². The average Bonchev–Trinajstić information content (AvgIpc) is 2.99. The van der Waals surface area contributed by atoms with E-state index in [4.69, 9.17) is 9.40 Å². The number of hydrogen-bond acceptors (Lipinski definition) is 2. The molecule has 0 amide bonds. The first-order chi connectivity index (χ1) is 12.8. The third-order valence-electron chi connectivity index (χ3n) is 5.11. The van der Waals surface area contributed by atoms with E-state index in [1.165, 1.54) is 9.96 Å². The van der Waals surface area contributed by atoms with Crippen LogP contribution in [-0.4, -0.2) is 18.3 Å². The summed E-state index contributed by atoms with van der Waals surface area (Å²) in [5.41, 5.74) is 5.44.